The maximum absolute atomic E-state index is 13.3. The van der Waals surface area contributed by atoms with Gasteiger partial charge in [0.1, 0.15) is 6.07 Å². The van der Waals surface area contributed by atoms with E-state index in [2.05, 4.69) is 0 Å². The maximum Gasteiger partial charge on any atom is 0.460 e. The van der Waals surface area contributed by atoms with E-state index in [-0.39, 0.29) is 0 Å². The van der Waals surface area contributed by atoms with Crippen molar-refractivity contribution in [2.45, 2.75) is 65.4 Å². The highest BCUT2D eigenvalue weighted by molar-refractivity contribution is 5.20. The number of rotatable bonds is 9. The second kappa shape index (κ2) is 7.94. The van der Waals surface area contributed by atoms with Gasteiger partial charge in [-0.25, -0.2) is 0 Å². The Kier molecular flexibility index (Phi) is 7.47. The summed E-state index contributed by atoms with van der Waals surface area (Å²) in [7, 11) is 0. The highest BCUT2D eigenvalue weighted by Crippen LogP contribution is 2.66. The van der Waals surface area contributed by atoms with Crippen molar-refractivity contribution in [3.8, 4) is 6.07 Å². The molecule has 0 saturated heterocycles. The molecule has 0 unspecified atom stereocenters. The first-order valence-corrected chi connectivity index (χ1v) is 7.32. The lowest BCUT2D eigenvalue weighted by molar-refractivity contribution is -0.477. The highest BCUT2D eigenvalue weighted by atomic mass is 19.4. The molecule has 0 saturated carbocycles. The molecule has 0 aromatic rings. The fourth-order valence-electron chi connectivity index (χ4n) is 1.83. The van der Waals surface area contributed by atoms with Crippen LogP contribution in [0.15, 0.2) is 0 Å². The van der Waals surface area contributed by atoms with Crippen LogP contribution in [0.4, 0.5) is 101 Å². The van der Waals surface area contributed by atoms with E-state index in [4.69, 9.17) is 5.26 Å². The van der Waals surface area contributed by atoms with Crippen LogP contribution in [0.3, 0.4) is 0 Å². The van der Waals surface area contributed by atoms with E-state index in [1.807, 2.05) is 0 Å². The van der Waals surface area contributed by atoms with Gasteiger partial charge in [-0.05, 0) is 0 Å². The van der Waals surface area contributed by atoms with Crippen LogP contribution in [0.5, 0.6) is 0 Å². The number of nitriles is 1. The van der Waals surface area contributed by atoms with E-state index >= 15 is 0 Å². The zero-order valence-corrected chi connectivity index (χ0v) is 15.1. The van der Waals surface area contributed by atoms with Gasteiger partial charge in [0, 0.05) is 0 Å². The summed E-state index contributed by atoms with van der Waals surface area (Å²) in [6, 6.07) is -1.23. The Balaban J connectivity index is 7.21. The van der Waals surface area contributed by atoms with Gasteiger partial charge in [0.05, 0.1) is 0 Å². The molecule has 0 bridgehead atoms. The van der Waals surface area contributed by atoms with Gasteiger partial charge in [-0.1, -0.05) is 0 Å². The minimum absolute atomic E-state index is 1.23. The van der Waals surface area contributed by atoms with Crippen LogP contribution in [0.2, 0.25) is 0 Å². The summed E-state index contributed by atoms with van der Waals surface area (Å²) >= 11 is 0. The molecule has 0 spiro atoms. The molecule has 24 heteroatoms. The van der Waals surface area contributed by atoms with Crippen molar-refractivity contribution < 1.29 is 101 Å². The lowest BCUT2D eigenvalue weighted by atomic mass is 9.85. The SMILES string of the molecule is N#CC(F)(F)C(F)(F)C(F)(F)C(F)(F)C(F)(F)C(F)(F)C(F)(F)C(F)(F)C(F)(F)C(F)(F)C(F)(F)F. The summed E-state index contributed by atoms with van der Waals surface area (Å²) in [6.07, 6.45) is -8.10. The fourth-order valence-corrected chi connectivity index (χ4v) is 1.83. The van der Waals surface area contributed by atoms with Gasteiger partial charge < -0.3 is 0 Å². The predicted molar refractivity (Wildman–Crippen MR) is 61.1 cm³/mol. The molecule has 0 aliphatic carbocycles. The molecule has 0 rings (SSSR count). The number of hydrogen-bond acceptors (Lipinski definition) is 1. The molecular formula is C12F23N. The van der Waals surface area contributed by atoms with Crippen LogP contribution < -0.4 is 0 Å². The van der Waals surface area contributed by atoms with Crippen molar-refractivity contribution >= 4 is 0 Å². The van der Waals surface area contributed by atoms with Crippen LogP contribution >= 0.6 is 0 Å². The third-order valence-corrected chi connectivity index (χ3v) is 4.05. The molecular weight excluding hydrogens is 595 g/mol. The summed E-state index contributed by atoms with van der Waals surface area (Å²) in [5.74, 6) is -88.6. The molecule has 36 heavy (non-hydrogen) atoms. The molecule has 0 aromatic heterocycles. The van der Waals surface area contributed by atoms with Gasteiger partial charge in [-0.15, -0.1) is 0 Å². The minimum atomic E-state index is -9.43. The van der Waals surface area contributed by atoms with Gasteiger partial charge in [0.25, 0.3) is 0 Å². The Morgan fingerprint density at radius 2 is 0.444 bits per heavy atom. The van der Waals surface area contributed by atoms with Crippen molar-refractivity contribution in [3.63, 3.8) is 0 Å². The van der Waals surface area contributed by atoms with Crippen LogP contribution in [0, 0.1) is 11.3 Å². The van der Waals surface area contributed by atoms with E-state index in [1.165, 1.54) is 0 Å². The molecule has 0 atom stereocenters. The van der Waals surface area contributed by atoms with Crippen molar-refractivity contribution in [2.75, 3.05) is 0 Å². The van der Waals surface area contributed by atoms with Crippen LogP contribution in [0.1, 0.15) is 0 Å². The molecule has 0 N–H and O–H groups in total. The Bertz CT molecular complexity index is 869. The standard InChI is InChI=1S/C12F23N/c13-2(14,1-36)3(15,16)4(17,18)5(19,20)6(21,22)7(23,24)8(25,26)9(27,28)10(29,30)11(31,32)12(33,34)35. The number of hydrogen-bond donors (Lipinski definition) is 0. The average Bonchev–Trinajstić information content (AvgIpc) is 2.65. The second-order valence-electron chi connectivity index (χ2n) is 6.35. The van der Waals surface area contributed by atoms with E-state index < -0.39 is 71.5 Å². The second-order valence-corrected chi connectivity index (χ2v) is 6.35. The Hall–Kier alpha value is -2.12. The summed E-state index contributed by atoms with van der Waals surface area (Å²) in [5.41, 5.74) is 0. The van der Waals surface area contributed by atoms with E-state index in [0.717, 1.165) is 0 Å². The van der Waals surface area contributed by atoms with Crippen LogP contribution in [0.25, 0.3) is 0 Å². The van der Waals surface area contributed by atoms with E-state index in [1.54, 1.807) is 0 Å². The van der Waals surface area contributed by atoms with Crippen LogP contribution in [-0.4, -0.2) is 65.4 Å². The molecule has 0 amide bonds. The molecule has 0 aliphatic rings. The lowest BCUT2D eigenvalue weighted by Gasteiger charge is -2.44. The van der Waals surface area contributed by atoms with Gasteiger partial charge in [-0.3, -0.25) is 0 Å². The largest absolute Gasteiger partial charge is 0.460 e. The highest BCUT2D eigenvalue weighted by Gasteiger charge is 2.98. The quantitative estimate of drug-likeness (QED) is 0.255. The Morgan fingerprint density at radius 3 is 0.611 bits per heavy atom. The van der Waals surface area contributed by atoms with Gasteiger partial charge in [0.15, 0.2) is 0 Å². The van der Waals surface area contributed by atoms with Crippen molar-refractivity contribution in [1.82, 2.24) is 0 Å². The summed E-state index contributed by atoms with van der Waals surface area (Å²) in [4.78, 5) is 0. The molecule has 0 fully saturated rings. The number of nitrogens with zero attached hydrogens (tertiary/aromatic N) is 1. The summed E-state index contributed by atoms with van der Waals surface area (Å²) < 4.78 is 297. The predicted octanol–water partition coefficient (Wildman–Crippen LogP) is 7.43. The monoisotopic (exact) mass is 595 g/mol. The third-order valence-electron chi connectivity index (χ3n) is 4.05. The topological polar surface area (TPSA) is 23.8 Å². The fraction of sp³-hybridized carbons (Fsp3) is 0.917. The van der Waals surface area contributed by atoms with Gasteiger partial charge >= 0.3 is 65.4 Å². The lowest BCUT2D eigenvalue weighted by Crippen LogP contribution is -2.77. The molecule has 0 aliphatic heterocycles. The average molecular weight is 595 g/mol. The van der Waals surface area contributed by atoms with Crippen molar-refractivity contribution in [2.24, 2.45) is 0 Å². The normalized spacial score (nSPS) is 16.7. The first-order chi connectivity index (χ1) is 15.1. The van der Waals surface area contributed by atoms with Crippen LogP contribution in [-0.2, 0) is 0 Å². The van der Waals surface area contributed by atoms with E-state index in [0.29, 0.717) is 0 Å². The zero-order chi connectivity index (χ0) is 30.2. The minimum Gasteiger partial charge on any atom is -0.192 e. The first kappa shape index (κ1) is 33.9. The van der Waals surface area contributed by atoms with Crippen molar-refractivity contribution in [3.05, 3.63) is 0 Å². The Morgan fingerprint density at radius 1 is 0.278 bits per heavy atom. The molecule has 0 radical (unpaired) electrons. The zero-order valence-electron chi connectivity index (χ0n) is 15.1. The summed E-state index contributed by atoms with van der Waals surface area (Å²) in [6.45, 7) is 0. The summed E-state index contributed by atoms with van der Waals surface area (Å²) in [5, 5.41) is 7.53. The number of halogens is 23. The molecule has 1 nitrogen and oxygen atoms in total. The third kappa shape index (κ3) is 3.68. The maximum atomic E-state index is 13.3. The Labute approximate surface area is 179 Å². The van der Waals surface area contributed by atoms with E-state index in [9.17, 15) is 101 Å². The molecule has 0 heterocycles. The van der Waals surface area contributed by atoms with Gasteiger partial charge in [0.2, 0.25) is 0 Å². The smallest absolute Gasteiger partial charge is 0.192 e. The first-order valence-electron chi connectivity index (χ1n) is 7.32. The number of alkyl halides is 23. The molecule has 214 valence electrons. The van der Waals surface area contributed by atoms with Crippen molar-refractivity contribution in [1.29, 1.82) is 5.26 Å². The van der Waals surface area contributed by atoms with Gasteiger partial charge in [-0.2, -0.15) is 106 Å². The molecule has 0 aromatic carbocycles.